The summed E-state index contributed by atoms with van der Waals surface area (Å²) in [6.45, 7) is -0.0630. The molecular weight excluding hydrogens is 336 g/mol. The van der Waals surface area contributed by atoms with E-state index < -0.39 is 12.7 Å². The van der Waals surface area contributed by atoms with Crippen LogP contribution < -0.4 is 14.8 Å². The second kappa shape index (κ2) is 8.11. The molecule has 0 aromatic heterocycles. The van der Waals surface area contributed by atoms with Crippen molar-refractivity contribution in [3.63, 3.8) is 0 Å². The molecule has 1 heterocycles. The van der Waals surface area contributed by atoms with Gasteiger partial charge in [-0.1, -0.05) is 6.07 Å². The predicted molar refractivity (Wildman–Crippen MR) is 85.7 cm³/mol. The van der Waals surface area contributed by atoms with E-state index in [1.807, 2.05) is 0 Å². The minimum Gasteiger partial charge on any atom is -0.493 e. The molecule has 25 heavy (non-hydrogen) atoms. The summed E-state index contributed by atoms with van der Waals surface area (Å²) in [5.74, 6) is -0.159. The summed E-state index contributed by atoms with van der Waals surface area (Å²) in [7, 11) is 3.10. The van der Waals surface area contributed by atoms with Crippen molar-refractivity contribution in [2.24, 2.45) is 0 Å². The van der Waals surface area contributed by atoms with Gasteiger partial charge in [0.05, 0.1) is 13.2 Å². The van der Waals surface area contributed by atoms with Gasteiger partial charge in [0, 0.05) is 19.6 Å². The van der Waals surface area contributed by atoms with E-state index in [4.69, 9.17) is 4.74 Å². The number of hydrogen-bond acceptors (Lipinski definition) is 5. The van der Waals surface area contributed by atoms with Crippen molar-refractivity contribution in [3.05, 3.63) is 23.8 Å². The first kappa shape index (κ1) is 18.9. The van der Waals surface area contributed by atoms with Gasteiger partial charge in [-0.05, 0) is 31.7 Å². The van der Waals surface area contributed by atoms with Gasteiger partial charge in [-0.3, -0.25) is 14.6 Å². The summed E-state index contributed by atoms with van der Waals surface area (Å²) in [5.41, 5.74) is 0.756. The summed E-state index contributed by atoms with van der Waals surface area (Å²) < 4.78 is 34.2. The van der Waals surface area contributed by atoms with Crippen molar-refractivity contribution in [1.82, 2.24) is 15.1 Å². The lowest BCUT2D eigenvalue weighted by Gasteiger charge is -2.26. The molecule has 1 fully saturated rings. The minimum atomic E-state index is -2.94. The molecule has 3 amide bonds. The van der Waals surface area contributed by atoms with Crippen molar-refractivity contribution in [3.8, 4) is 11.5 Å². The molecule has 9 heteroatoms. The fourth-order valence-corrected chi connectivity index (χ4v) is 2.52. The van der Waals surface area contributed by atoms with E-state index in [0.29, 0.717) is 19.6 Å². The molecule has 1 aliphatic heterocycles. The number of halogens is 2. The Kier molecular flexibility index (Phi) is 6.13. The predicted octanol–water partition coefficient (Wildman–Crippen LogP) is 1.67. The molecule has 1 aliphatic rings. The van der Waals surface area contributed by atoms with Crippen LogP contribution >= 0.6 is 0 Å². The molecule has 1 saturated heterocycles. The highest BCUT2D eigenvalue weighted by molar-refractivity contribution is 5.98. The van der Waals surface area contributed by atoms with Crippen LogP contribution in [0.25, 0.3) is 0 Å². The highest BCUT2D eigenvalue weighted by Gasteiger charge is 2.31. The number of benzene rings is 1. The Morgan fingerprint density at radius 1 is 1.40 bits per heavy atom. The fraction of sp³-hybridized carbons (Fsp3) is 0.500. The Morgan fingerprint density at radius 2 is 2.12 bits per heavy atom. The van der Waals surface area contributed by atoms with Gasteiger partial charge >= 0.3 is 12.6 Å². The number of likely N-dealkylation sites (N-methyl/N-ethyl adjacent to an activating group) is 1. The summed E-state index contributed by atoms with van der Waals surface area (Å²) in [5, 5.41) is 2.59. The molecule has 0 spiro atoms. The Morgan fingerprint density at radius 3 is 2.68 bits per heavy atom. The standard InChI is InChI=1S/C16H21F2N3O4/c1-10(14(22)21-7-6-19-16(21)23)20(2)9-11-4-5-12(25-15(17)18)13(8-11)24-3/h4-5,8,10,15H,6-7,9H2,1-3H3,(H,19,23)/t10-/m1/s1. The van der Waals surface area contributed by atoms with E-state index in [0.717, 1.165) is 5.56 Å². The maximum absolute atomic E-state index is 12.4. The van der Waals surface area contributed by atoms with Gasteiger partial charge in [-0.2, -0.15) is 8.78 Å². The monoisotopic (exact) mass is 357 g/mol. The van der Waals surface area contributed by atoms with Crippen LogP contribution in [0.4, 0.5) is 13.6 Å². The maximum Gasteiger partial charge on any atom is 0.387 e. The molecule has 138 valence electrons. The first-order chi connectivity index (χ1) is 11.8. The highest BCUT2D eigenvalue weighted by atomic mass is 19.3. The number of methoxy groups -OCH3 is 1. The summed E-state index contributed by atoms with van der Waals surface area (Å²) in [4.78, 5) is 26.9. The molecule has 2 rings (SSSR count). The van der Waals surface area contributed by atoms with Crippen LogP contribution in [0.15, 0.2) is 18.2 Å². The lowest BCUT2D eigenvalue weighted by atomic mass is 10.1. The van der Waals surface area contributed by atoms with Crippen molar-refractivity contribution < 1.29 is 27.8 Å². The first-order valence-electron chi connectivity index (χ1n) is 7.74. The molecule has 7 nitrogen and oxygen atoms in total. The molecule has 1 N–H and O–H groups in total. The fourth-order valence-electron chi connectivity index (χ4n) is 2.52. The van der Waals surface area contributed by atoms with Gasteiger partial charge in [-0.25, -0.2) is 4.79 Å². The quantitative estimate of drug-likeness (QED) is 0.804. The van der Waals surface area contributed by atoms with Gasteiger partial charge < -0.3 is 14.8 Å². The Hall–Kier alpha value is -2.42. The lowest BCUT2D eigenvalue weighted by Crippen LogP contribution is -2.46. The SMILES string of the molecule is COc1cc(CN(C)[C@H](C)C(=O)N2CCNC2=O)ccc1OC(F)F. The van der Waals surface area contributed by atoms with Crippen molar-refractivity contribution in [2.45, 2.75) is 26.1 Å². The van der Waals surface area contributed by atoms with Crippen LogP contribution in [0.2, 0.25) is 0 Å². The number of carbonyl (C=O) groups is 2. The number of ether oxygens (including phenoxy) is 2. The molecule has 1 aromatic rings. The van der Waals surface area contributed by atoms with Crippen LogP contribution in [-0.4, -0.2) is 61.6 Å². The summed E-state index contributed by atoms with van der Waals surface area (Å²) in [6.07, 6.45) is 0. The number of imide groups is 1. The molecule has 0 radical (unpaired) electrons. The Bertz CT molecular complexity index is 642. The summed E-state index contributed by atoms with van der Waals surface area (Å²) in [6, 6.07) is 3.69. The first-order valence-corrected chi connectivity index (χ1v) is 7.74. The second-order valence-electron chi connectivity index (χ2n) is 5.68. The number of hydrogen-bond donors (Lipinski definition) is 1. The smallest absolute Gasteiger partial charge is 0.387 e. The highest BCUT2D eigenvalue weighted by Crippen LogP contribution is 2.30. The number of alkyl halides is 2. The average molecular weight is 357 g/mol. The van der Waals surface area contributed by atoms with Crippen molar-refractivity contribution >= 4 is 11.9 Å². The molecule has 0 aliphatic carbocycles. The van der Waals surface area contributed by atoms with Gasteiger partial charge in [-0.15, -0.1) is 0 Å². The number of nitrogens with one attached hydrogen (secondary N) is 1. The number of nitrogens with zero attached hydrogens (tertiary/aromatic N) is 2. The molecule has 1 aromatic carbocycles. The van der Waals surface area contributed by atoms with Crippen LogP contribution in [-0.2, 0) is 11.3 Å². The third-order valence-electron chi connectivity index (χ3n) is 4.02. The number of urea groups is 1. The zero-order chi connectivity index (χ0) is 18.6. The Balaban J connectivity index is 2.05. The van der Waals surface area contributed by atoms with Crippen molar-refractivity contribution in [1.29, 1.82) is 0 Å². The van der Waals surface area contributed by atoms with E-state index in [2.05, 4.69) is 10.1 Å². The average Bonchev–Trinajstić information content (AvgIpc) is 3.00. The van der Waals surface area contributed by atoms with Crippen LogP contribution in [0.3, 0.4) is 0 Å². The minimum absolute atomic E-state index is 0.0539. The number of rotatable bonds is 7. The molecule has 0 saturated carbocycles. The van der Waals surface area contributed by atoms with Gasteiger partial charge in [0.1, 0.15) is 0 Å². The third kappa shape index (κ3) is 4.56. The van der Waals surface area contributed by atoms with E-state index in [9.17, 15) is 18.4 Å². The molecule has 0 bridgehead atoms. The van der Waals surface area contributed by atoms with Crippen LogP contribution in [0.5, 0.6) is 11.5 Å². The normalized spacial score (nSPS) is 15.5. The largest absolute Gasteiger partial charge is 0.493 e. The summed E-state index contributed by atoms with van der Waals surface area (Å²) >= 11 is 0. The van der Waals surface area contributed by atoms with E-state index in [-0.39, 0.29) is 23.4 Å². The van der Waals surface area contributed by atoms with Crippen LogP contribution in [0.1, 0.15) is 12.5 Å². The van der Waals surface area contributed by atoms with Crippen molar-refractivity contribution in [2.75, 3.05) is 27.2 Å². The molecule has 0 unspecified atom stereocenters. The van der Waals surface area contributed by atoms with Gasteiger partial charge in [0.15, 0.2) is 11.5 Å². The zero-order valence-electron chi connectivity index (χ0n) is 14.3. The lowest BCUT2D eigenvalue weighted by molar-refractivity contribution is -0.132. The molecular formula is C16H21F2N3O4. The van der Waals surface area contributed by atoms with Gasteiger partial charge in [0.2, 0.25) is 5.91 Å². The second-order valence-corrected chi connectivity index (χ2v) is 5.68. The van der Waals surface area contributed by atoms with E-state index in [1.54, 1.807) is 31.0 Å². The Labute approximate surface area is 144 Å². The maximum atomic E-state index is 12.4. The topological polar surface area (TPSA) is 71.1 Å². The number of amides is 3. The number of carbonyl (C=O) groups excluding carboxylic acids is 2. The van der Waals surface area contributed by atoms with Gasteiger partial charge in [0.25, 0.3) is 0 Å². The van der Waals surface area contributed by atoms with E-state index >= 15 is 0 Å². The van der Waals surface area contributed by atoms with E-state index in [1.165, 1.54) is 18.1 Å². The third-order valence-corrected chi connectivity index (χ3v) is 4.02. The molecule has 1 atom stereocenters. The van der Waals surface area contributed by atoms with Crippen LogP contribution in [0, 0.1) is 0 Å². The zero-order valence-corrected chi connectivity index (χ0v) is 14.3.